The van der Waals surface area contributed by atoms with Gasteiger partial charge in [0.25, 0.3) is 0 Å². The number of hydrogen-bond donors (Lipinski definition) is 1. The first-order valence-corrected chi connectivity index (χ1v) is 8.28. The van der Waals surface area contributed by atoms with E-state index in [1.165, 1.54) is 0 Å². The van der Waals surface area contributed by atoms with Gasteiger partial charge in [0.05, 0.1) is 30.6 Å². The molecule has 0 saturated carbocycles. The zero-order valence-electron chi connectivity index (χ0n) is 13.8. The van der Waals surface area contributed by atoms with Gasteiger partial charge in [-0.25, -0.2) is 0 Å². The van der Waals surface area contributed by atoms with Gasteiger partial charge in [-0.2, -0.15) is 0 Å². The van der Waals surface area contributed by atoms with Crippen molar-refractivity contribution in [2.24, 2.45) is 0 Å². The number of likely N-dealkylation sites (tertiary alicyclic amines) is 1. The van der Waals surface area contributed by atoms with Crippen molar-refractivity contribution in [1.82, 2.24) is 4.90 Å². The van der Waals surface area contributed by atoms with Crippen molar-refractivity contribution in [3.8, 4) is 5.75 Å². The summed E-state index contributed by atoms with van der Waals surface area (Å²) in [5, 5.41) is 9.52. The quantitative estimate of drug-likeness (QED) is 0.812. The van der Waals surface area contributed by atoms with E-state index in [2.05, 4.69) is 0 Å². The van der Waals surface area contributed by atoms with Crippen LogP contribution in [0.2, 0.25) is 5.02 Å². The molecule has 1 aliphatic rings. The minimum atomic E-state index is -0.924. The van der Waals surface area contributed by atoms with E-state index >= 15 is 0 Å². The fourth-order valence-electron chi connectivity index (χ4n) is 3.01. The summed E-state index contributed by atoms with van der Waals surface area (Å²) in [6, 6.07) is 4.93. The number of amides is 1. The first kappa shape index (κ1) is 18.5. The third kappa shape index (κ3) is 4.39. The van der Waals surface area contributed by atoms with Crippen LogP contribution >= 0.6 is 11.6 Å². The lowest BCUT2D eigenvalue weighted by atomic mass is 10.1. The number of benzene rings is 1. The van der Waals surface area contributed by atoms with Crippen molar-refractivity contribution in [3.63, 3.8) is 0 Å². The summed E-state index contributed by atoms with van der Waals surface area (Å²) in [5.41, 5.74) is 0.698. The van der Waals surface area contributed by atoms with Gasteiger partial charge in [0.15, 0.2) is 0 Å². The topological polar surface area (TPSA) is 76.1 Å². The SMILES string of the molecule is CCOc1c(Cl)cccc1CC(=O)N1CC(OC)CC1CC(=O)O. The van der Waals surface area contributed by atoms with Crippen molar-refractivity contribution in [2.75, 3.05) is 20.3 Å². The molecular formula is C17H22ClNO5. The second kappa shape index (κ2) is 8.35. The predicted octanol–water partition coefficient (Wildman–Crippen LogP) is 2.37. The van der Waals surface area contributed by atoms with Crippen LogP contribution in [0.15, 0.2) is 18.2 Å². The van der Waals surface area contributed by atoms with Crippen LogP contribution < -0.4 is 4.74 Å². The number of nitrogens with zero attached hydrogens (tertiary/aromatic N) is 1. The standard InChI is InChI=1S/C17H22ClNO5/c1-3-24-17-11(5-4-6-14(17)18)7-15(20)19-10-13(23-2)8-12(19)9-16(21)22/h4-6,12-13H,3,7-10H2,1-2H3,(H,21,22). The van der Waals surface area contributed by atoms with Crippen LogP contribution in [0.25, 0.3) is 0 Å². The lowest BCUT2D eigenvalue weighted by molar-refractivity contribution is -0.139. The molecular weight excluding hydrogens is 334 g/mol. The van der Waals surface area contributed by atoms with Gasteiger partial charge in [0, 0.05) is 25.3 Å². The molecule has 2 rings (SSSR count). The Bertz CT molecular complexity index is 607. The number of carbonyl (C=O) groups excluding carboxylic acids is 1. The number of aliphatic carboxylic acids is 1. The third-order valence-electron chi connectivity index (χ3n) is 4.12. The maximum atomic E-state index is 12.7. The first-order valence-electron chi connectivity index (χ1n) is 7.90. The van der Waals surface area contributed by atoms with E-state index in [-0.39, 0.29) is 30.9 Å². The number of carbonyl (C=O) groups is 2. The van der Waals surface area contributed by atoms with Gasteiger partial charge < -0.3 is 19.5 Å². The zero-order valence-corrected chi connectivity index (χ0v) is 14.6. The first-order chi connectivity index (χ1) is 11.5. The molecule has 132 valence electrons. The molecule has 6 nitrogen and oxygen atoms in total. The van der Waals surface area contributed by atoms with Crippen LogP contribution in [-0.2, 0) is 20.7 Å². The van der Waals surface area contributed by atoms with E-state index in [1.807, 2.05) is 6.92 Å². The summed E-state index contributed by atoms with van der Waals surface area (Å²) < 4.78 is 10.8. The summed E-state index contributed by atoms with van der Waals surface area (Å²) in [4.78, 5) is 25.4. The monoisotopic (exact) mass is 355 g/mol. The van der Waals surface area contributed by atoms with Crippen LogP contribution in [-0.4, -0.2) is 54.3 Å². The van der Waals surface area contributed by atoms with Crippen molar-refractivity contribution in [2.45, 2.75) is 38.3 Å². The Labute approximate surface area is 146 Å². The van der Waals surface area contributed by atoms with Crippen molar-refractivity contribution in [3.05, 3.63) is 28.8 Å². The molecule has 0 bridgehead atoms. The minimum Gasteiger partial charge on any atom is -0.492 e. The molecule has 1 fully saturated rings. The number of para-hydroxylation sites is 1. The Kier molecular flexibility index (Phi) is 6.45. The summed E-state index contributed by atoms with van der Waals surface area (Å²) in [5.74, 6) is -0.566. The molecule has 1 saturated heterocycles. The highest BCUT2D eigenvalue weighted by atomic mass is 35.5. The van der Waals surface area contributed by atoms with Crippen LogP contribution in [0.4, 0.5) is 0 Å². The van der Waals surface area contributed by atoms with Gasteiger partial charge in [-0.3, -0.25) is 9.59 Å². The van der Waals surface area contributed by atoms with Gasteiger partial charge in [-0.1, -0.05) is 23.7 Å². The van der Waals surface area contributed by atoms with Gasteiger partial charge in [-0.15, -0.1) is 0 Å². The molecule has 0 aromatic heterocycles. The molecule has 1 aromatic carbocycles. The molecule has 7 heteroatoms. The molecule has 24 heavy (non-hydrogen) atoms. The number of ether oxygens (including phenoxy) is 2. The lowest BCUT2D eigenvalue weighted by Gasteiger charge is -2.24. The maximum absolute atomic E-state index is 12.7. The number of carboxylic acid groups (broad SMARTS) is 1. The fraction of sp³-hybridized carbons (Fsp3) is 0.529. The van der Waals surface area contributed by atoms with E-state index in [0.717, 1.165) is 0 Å². The van der Waals surface area contributed by atoms with Crippen LogP contribution in [0.5, 0.6) is 5.75 Å². The number of rotatable bonds is 7. The van der Waals surface area contributed by atoms with E-state index < -0.39 is 5.97 Å². The zero-order chi connectivity index (χ0) is 17.7. The van der Waals surface area contributed by atoms with E-state index in [4.69, 9.17) is 26.2 Å². The van der Waals surface area contributed by atoms with Crippen molar-refractivity contribution < 1.29 is 24.2 Å². The lowest BCUT2D eigenvalue weighted by Crippen LogP contribution is -2.38. The van der Waals surface area contributed by atoms with Crippen molar-refractivity contribution >= 4 is 23.5 Å². The van der Waals surface area contributed by atoms with Crippen LogP contribution in [0, 0.1) is 0 Å². The largest absolute Gasteiger partial charge is 0.492 e. The molecule has 1 heterocycles. The second-order valence-electron chi connectivity index (χ2n) is 5.73. The van der Waals surface area contributed by atoms with E-state index in [9.17, 15) is 9.59 Å². The second-order valence-corrected chi connectivity index (χ2v) is 6.14. The highest BCUT2D eigenvalue weighted by molar-refractivity contribution is 6.32. The van der Waals surface area contributed by atoms with Crippen molar-refractivity contribution in [1.29, 1.82) is 0 Å². The Morgan fingerprint density at radius 2 is 2.17 bits per heavy atom. The predicted molar refractivity (Wildman–Crippen MR) is 89.5 cm³/mol. The maximum Gasteiger partial charge on any atom is 0.305 e. The molecule has 1 aromatic rings. The van der Waals surface area contributed by atoms with E-state index in [1.54, 1.807) is 30.2 Å². The van der Waals surface area contributed by atoms with Gasteiger partial charge >= 0.3 is 5.97 Å². The summed E-state index contributed by atoms with van der Waals surface area (Å²) in [7, 11) is 1.57. The van der Waals surface area contributed by atoms with Gasteiger partial charge in [0.2, 0.25) is 5.91 Å². The molecule has 0 radical (unpaired) electrons. The summed E-state index contributed by atoms with van der Waals surface area (Å²) in [6.45, 7) is 2.70. The van der Waals surface area contributed by atoms with Crippen LogP contribution in [0.3, 0.4) is 0 Å². The summed E-state index contributed by atoms with van der Waals surface area (Å²) >= 11 is 6.15. The fourth-order valence-corrected chi connectivity index (χ4v) is 3.26. The molecule has 1 N–H and O–H groups in total. The normalized spacial score (nSPS) is 20.2. The molecule has 1 amide bonds. The molecule has 0 spiro atoms. The smallest absolute Gasteiger partial charge is 0.305 e. The number of hydrogen-bond acceptors (Lipinski definition) is 4. The Balaban J connectivity index is 2.16. The number of methoxy groups -OCH3 is 1. The Morgan fingerprint density at radius 1 is 1.42 bits per heavy atom. The third-order valence-corrected chi connectivity index (χ3v) is 4.42. The minimum absolute atomic E-state index is 0.0839. The number of carboxylic acids is 1. The number of halogens is 1. The average molecular weight is 356 g/mol. The summed E-state index contributed by atoms with van der Waals surface area (Å²) in [6.07, 6.45) is 0.425. The average Bonchev–Trinajstić information content (AvgIpc) is 2.93. The van der Waals surface area contributed by atoms with Gasteiger partial charge in [0.1, 0.15) is 5.75 Å². The van der Waals surface area contributed by atoms with Crippen LogP contribution in [0.1, 0.15) is 25.3 Å². The highest BCUT2D eigenvalue weighted by Crippen LogP contribution is 2.30. The van der Waals surface area contributed by atoms with Gasteiger partial charge in [-0.05, 0) is 19.4 Å². The molecule has 2 unspecified atom stereocenters. The molecule has 2 atom stereocenters. The molecule has 0 aliphatic carbocycles. The Hall–Kier alpha value is -1.79. The van der Waals surface area contributed by atoms with E-state index in [0.29, 0.717) is 35.9 Å². The highest BCUT2D eigenvalue weighted by Gasteiger charge is 2.36. The Morgan fingerprint density at radius 3 is 2.79 bits per heavy atom. The molecule has 1 aliphatic heterocycles.